The topological polar surface area (TPSA) is 0 Å². The molecular weight excluding hydrogens is 259 g/mol. The van der Waals surface area contributed by atoms with E-state index in [1.54, 1.807) is 12.1 Å². The molecule has 0 amide bonds. The van der Waals surface area contributed by atoms with Crippen LogP contribution < -0.4 is 0 Å². The van der Waals surface area contributed by atoms with Crippen LogP contribution in [0, 0.1) is 0 Å². The molecule has 2 rings (SSSR count). The molecule has 0 N–H and O–H groups in total. The predicted octanol–water partition coefficient (Wildman–Crippen LogP) is 5.11. The van der Waals surface area contributed by atoms with Gasteiger partial charge in [0.25, 0.3) is 0 Å². The summed E-state index contributed by atoms with van der Waals surface area (Å²) >= 11 is 15.3. The number of rotatable bonds is 1. The number of hydrogen-bond donors (Lipinski definition) is 1. The van der Waals surface area contributed by atoms with Crippen molar-refractivity contribution in [2.45, 2.75) is 5.75 Å². The van der Waals surface area contributed by atoms with Crippen LogP contribution in [0.3, 0.4) is 0 Å². The lowest BCUT2D eigenvalue weighted by molar-refractivity contribution is 1.43. The molecule has 0 spiro atoms. The van der Waals surface area contributed by atoms with Crippen LogP contribution in [0.25, 0.3) is 0 Å². The Hall–Kier alpha value is -0.630. The molecule has 2 aromatic carbocycles. The van der Waals surface area contributed by atoms with Crippen LogP contribution >= 0.6 is 35.8 Å². The molecule has 0 aliphatic heterocycles. The number of thiol groups is 1. The monoisotopic (exact) mass is 270 g/mol. The Bertz CT molecular complexity index is 394. The van der Waals surface area contributed by atoms with Gasteiger partial charge in [0.1, 0.15) is 0 Å². The second-order valence-corrected chi connectivity index (χ2v) is 4.19. The van der Waals surface area contributed by atoms with Crippen molar-refractivity contribution >= 4 is 35.8 Å². The molecule has 0 fully saturated rings. The van der Waals surface area contributed by atoms with E-state index in [1.165, 1.54) is 5.56 Å². The fourth-order valence-electron chi connectivity index (χ4n) is 1.02. The Morgan fingerprint density at radius 2 is 1.19 bits per heavy atom. The minimum absolute atomic E-state index is 0.606. The van der Waals surface area contributed by atoms with Gasteiger partial charge in [-0.1, -0.05) is 65.7 Å². The SMILES string of the molecule is Clc1ccccc1Cl.SCc1ccccc1. The Balaban J connectivity index is 0.000000160. The quantitative estimate of drug-likeness (QED) is 0.684. The van der Waals surface area contributed by atoms with E-state index in [1.807, 2.05) is 30.3 Å². The first-order valence-electron chi connectivity index (χ1n) is 4.79. The summed E-state index contributed by atoms with van der Waals surface area (Å²) in [6.07, 6.45) is 0. The third-order valence-corrected chi connectivity index (χ3v) is 2.97. The first-order valence-corrected chi connectivity index (χ1v) is 6.17. The number of benzene rings is 2. The second-order valence-electron chi connectivity index (χ2n) is 3.06. The van der Waals surface area contributed by atoms with Crippen LogP contribution in [0.2, 0.25) is 10.0 Å². The van der Waals surface area contributed by atoms with Crippen molar-refractivity contribution in [3.05, 3.63) is 70.2 Å². The van der Waals surface area contributed by atoms with Crippen LogP contribution in [0.1, 0.15) is 5.56 Å². The molecule has 16 heavy (non-hydrogen) atoms. The highest BCUT2D eigenvalue weighted by Gasteiger charge is 1.89. The highest BCUT2D eigenvalue weighted by molar-refractivity contribution is 7.79. The van der Waals surface area contributed by atoms with Gasteiger partial charge >= 0.3 is 0 Å². The molecule has 3 heteroatoms. The smallest absolute Gasteiger partial charge is 0.0592 e. The zero-order valence-corrected chi connectivity index (χ0v) is 11.0. The van der Waals surface area contributed by atoms with Gasteiger partial charge in [-0.05, 0) is 17.7 Å². The van der Waals surface area contributed by atoms with Crippen molar-refractivity contribution in [3.63, 3.8) is 0 Å². The molecule has 0 nitrogen and oxygen atoms in total. The van der Waals surface area contributed by atoms with Crippen molar-refractivity contribution in [2.24, 2.45) is 0 Å². The van der Waals surface area contributed by atoms with E-state index in [2.05, 4.69) is 24.8 Å². The molecule has 0 heterocycles. The molecule has 0 saturated heterocycles. The maximum atomic E-state index is 5.58. The largest absolute Gasteiger partial charge is 0.175 e. The van der Waals surface area contributed by atoms with Gasteiger partial charge in [0, 0.05) is 5.75 Å². The molecule has 0 aromatic heterocycles. The molecule has 0 aliphatic rings. The minimum Gasteiger partial charge on any atom is -0.175 e. The first kappa shape index (κ1) is 13.4. The van der Waals surface area contributed by atoms with Gasteiger partial charge in [-0.25, -0.2) is 0 Å². The van der Waals surface area contributed by atoms with Gasteiger partial charge in [0.2, 0.25) is 0 Å². The molecule has 0 unspecified atom stereocenters. The maximum Gasteiger partial charge on any atom is 0.0592 e. The Kier molecular flexibility index (Phi) is 6.39. The summed E-state index contributed by atoms with van der Waals surface area (Å²) in [6.45, 7) is 0. The van der Waals surface area contributed by atoms with Gasteiger partial charge in [-0.15, -0.1) is 0 Å². The normalized spacial score (nSPS) is 9.19. The Morgan fingerprint density at radius 1 is 0.750 bits per heavy atom. The first-order chi connectivity index (χ1) is 7.74. The van der Waals surface area contributed by atoms with Crippen molar-refractivity contribution in [1.82, 2.24) is 0 Å². The molecular formula is C13H12Cl2S. The zero-order chi connectivity index (χ0) is 11.8. The zero-order valence-electron chi connectivity index (χ0n) is 8.61. The van der Waals surface area contributed by atoms with E-state index in [0.717, 1.165) is 5.75 Å². The van der Waals surface area contributed by atoms with Crippen LogP contribution in [0.5, 0.6) is 0 Å². The second kappa shape index (κ2) is 7.61. The van der Waals surface area contributed by atoms with Crippen LogP contribution in [0.4, 0.5) is 0 Å². The summed E-state index contributed by atoms with van der Waals surface area (Å²) < 4.78 is 0. The van der Waals surface area contributed by atoms with E-state index < -0.39 is 0 Å². The molecule has 0 saturated carbocycles. The lowest BCUT2D eigenvalue weighted by Crippen LogP contribution is -1.71. The van der Waals surface area contributed by atoms with Crippen molar-refractivity contribution in [1.29, 1.82) is 0 Å². The van der Waals surface area contributed by atoms with Crippen LogP contribution in [-0.4, -0.2) is 0 Å². The van der Waals surface area contributed by atoms with Crippen LogP contribution in [0.15, 0.2) is 54.6 Å². The van der Waals surface area contributed by atoms with Gasteiger partial charge in [-0.3, -0.25) is 0 Å². The molecule has 0 aliphatic carbocycles. The molecule has 2 aromatic rings. The summed E-state index contributed by atoms with van der Waals surface area (Å²) in [5, 5.41) is 1.21. The van der Waals surface area contributed by atoms with E-state index in [0.29, 0.717) is 10.0 Å². The summed E-state index contributed by atoms with van der Waals surface area (Å²) in [6, 6.07) is 17.4. The average molecular weight is 271 g/mol. The van der Waals surface area contributed by atoms with E-state index in [4.69, 9.17) is 23.2 Å². The Morgan fingerprint density at radius 3 is 1.50 bits per heavy atom. The van der Waals surface area contributed by atoms with E-state index in [9.17, 15) is 0 Å². The average Bonchev–Trinajstić information content (AvgIpc) is 2.35. The van der Waals surface area contributed by atoms with Gasteiger partial charge in [0.05, 0.1) is 10.0 Å². The highest BCUT2D eigenvalue weighted by atomic mass is 35.5. The van der Waals surface area contributed by atoms with Crippen molar-refractivity contribution in [2.75, 3.05) is 0 Å². The number of hydrogen-bond acceptors (Lipinski definition) is 1. The summed E-state index contributed by atoms with van der Waals surface area (Å²) in [7, 11) is 0. The van der Waals surface area contributed by atoms with Crippen molar-refractivity contribution < 1.29 is 0 Å². The van der Waals surface area contributed by atoms with Gasteiger partial charge in [0.15, 0.2) is 0 Å². The lowest BCUT2D eigenvalue weighted by Gasteiger charge is -1.89. The molecule has 0 atom stereocenters. The maximum absolute atomic E-state index is 5.58. The van der Waals surface area contributed by atoms with Crippen molar-refractivity contribution in [3.8, 4) is 0 Å². The van der Waals surface area contributed by atoms with Gasteiger partial charge in [-0.2, -0.15) is 12.6 Å². The fraction of sp³-hybridized carbons (Fsp3) is 0.0769. The standard InChI is InChI=1S/C7H8S.C6H4Cl2/c8-6-7-4-2-1-3-5-7;7-5-3-1-2-4-6(5)8/h1-5,8H,6H2;1-4H. The molecule has 84 valence electrons. The van der Waals surface area contributed by atoms with Gasteiger partial charge < -0.3 is 0 Å². The summed E-state index contributed by atoms with van der Waals surface area (Å²) in [5.74, 6) is 0.834. The Labute approximate surface area is 112 Å². The fourth-order valence-corrected chi connectivity index (χ4v) is 1.50. The minimum atomic E-state index is 0.606. The molecule has 0 bridgehead atoms. The summed E-state index contributed by atoms with van der Waals surface area (Å²) in [5.41, 5.74) is 1.27. The van der Waals surface area contributed by atoms with Crippen LogP contribution in [-0.2, 0) is 5.75 Å². The lowest BCUT2D eigenvalue weighted by atomic mass is 10.2. The predicted molar refractivity (Wildman–Crippen MR) is 75.6 cm³/mol. The van der Waals surface area contributed by atoms with E-state index >= 15 is 0 Å². The molecule has 0 radical (unpaired) electrons. The third kappa shape index (κ3) is 4.93. The number of halogens is 2. The van der Waals surface area contributed by atoms with E-state index in [-0.39, 0.29) is 0 Å². The highest BCUT2D eigenvalue weighted by Crippen LogP contribution is 2.19. The third-order valence-electron chi connectivity index (χ3n) is 1.85. The summed E-state index contributed by atoms with van der Waals surface area (Å²) in [4.78, 5) is 0.